The molecule has 0 aromatic heterocycles. The molecule has 0 saturated carbocycles. The van der Waals surface area contributed by atoms with Crippen molar-refractivity contribution in [3.8, 4) is 11.1 Å². The number of aryl methyl sites for hydroxylation is 1. The Morgan fingerprint density at radius 3 is 2.31 bits per heavy atom. The molecule has 0 aliphatic rings. The molecule has 0 bridgehead atoms. The first-order valence-corrected chi connectivity index (χ1v) is 9.26. The Kier molecular flexibility index (Phi) is 5.97. The fourth-order valence-electron chi connectivity index (χ4n) is 3.32. The van der Waals surface area contributed by atoms with Gasteiger partial charge in [0, 0.05) is 10.9 Å². The molecule has 0 aliphatic carbocycles. The van der Waals surface area contributed by atoms with Crippen LogP contribution in [0, 0.1) is 17.5 Å². The molecule has 26 heavy (non-hydrogen) atoms. The van der Waals surface area contributed by atoms with Crippen LogP contribution in [0.5, 0.6) is 0 Å². The second-order valence-electron chi connectivity index (χ2n) is 6.78. The first kappa shape index (κ1) is 18.5. The molecular formula is C23H23F3. The summed E-state index contributed by atoms with van der Waals surface area (Å²) in [6.07, 6.45) is 7.12. The lowest BCUT2D eigenvalue weighted by Crippen LogP contribution is -1.92. The van der Waals surface area contributed by atoms with Gasteiger partial charge in [0.15, 0.2) is 11.6 Å². The maximum Gasteiger partial charge on any atom is 0.159 e. The predicted molar refractivity (Wildman–Crippen MR) is 102 cm³/mol. The zero-order chi connectivity index (χ0) is 18.5. The summed E-state index contributed by atoms with van der Waals surface area (Å²) in [5.41, 5.74) is 1.82. The summed E-state index contributed by atoms with van der Waals surface area (Å²) >= 11 is 0. The van der Waals surface area contributed by atoms with Crippen LogP contribution in [0.25, 0.3) is 21.9 Å². The molecule has 0 N–H and O–H groups in total. The summed E-state index contributed by atoms with van der Waals surface area (Å²) < 4.78 is 41.5. The van der Waals surface area contributed by atoms with Crippen molar-refractivity contribution in [1.82, 2.24) is 0 Å². The van der Waals surface area contributed by atoms with E-state index in [1.54, 1.807) is 12.1 Å². The molecule has 3 aromatic rings. The van der Waals surface area contributed by atoms with Crippen molar-refractivity contribution in [2.45, 2.75) is 45.4 Å². The van der Waals surface area contributed by atoms with Crippen molar-refractivity contribution in [1.29, 1.82) is 0 Å². The van der Waals surface area contributed by atoms with Crippen LogP contribution in [-0.4, -0.2) is 0 Å². The molecule has 0 spiro atoms. The Labute approximate surface area is 152 Å². The van der Waals surface area contributed by atoms with Crippen molar-refractivity contribution >= 4 is 10.8 Å². The first-order valence-electron chi connectivity index (χ1n) is 9.26. The van der Waals surface area contributed by atoms with Crippen LogP contribution in [-0.2, 0) is 6.42 Å². The lowest BCUT2D eigenvalue weighted by molar-refractivity contribution is 0.509. The van der Waals surface area contributed by atoms with Gasteiger partial charge in [-0.1, -0.05) is 69.0 Å². The average Bonchev–Trinajstić information content (AvgIpc) is 2.64. The number of hydrogen-bond acceptors (Lipinski definition) is 0. The highest BCUT2D eigenvalue weighted by Crippen LogP contribution is 2.30. The van der Waals surface area contributed by atoms with E-state index in [1.165, 1.54) is 37.3 Å². The van der Waals surface area contributed by atoms with Crippen LogP contribution in [0.15, 0.2) is 48.5 Å². The van der Waals surface area contributed by atoms with E-state index < -0.39 is 17.5 Å². The van der Waals surface area contributed by atoms with Gasteiger partial charge in [0.05, 0.1) is 0 Å². The van der Waals surface area contributed by atoms with E-state index in [9.17, 15) is 13.2 Å². The molecule has 3 heteroatoms. The quantitative estimate of drug-likeness (QED) is 0.386. The summed E-state index contributed by atoms with van der Waals surface area (Å²) in [7, 11) is 0. The number of hydrogen-bond donors (Lipinski definition) is 0. The standard InChI is InChI=1S/C23H23F3/c1-2-3-4-5-6-7-16-8-11-19-17(14-16)9-12-20(23(19)26)18-10-13-21(24)22(25)15-18/h8-15H,2-7H2,1H3. The van der Waals surface area contributed by atoms with E-state index in [2.05, 4.69) is 6.92 Å². The zero-order valence-corrected chi connectivity index (χ0v) is 15.0. The Balaban J connectivity index is 1.83. The monoisotopic (exact) mass is 356 g/mol. The molecule has 0 unspecified atom stereocenters. The highest BCUT2D eigenvalue weighted by molar-refractivity contribution is 5.88. The van der Waals surface area contributed by atoms with Gasteiger partial charge < -0.3 is 0 Å². The number of halogens is 3. The second kappa shape index (κ2) is 8.39. The smallest absolute Gasteiger partial charge is 0.159 e. The Hall–Kier alpha value is -2.29. The van der Waals surface area contributed by atoms with Crippen LogP contribution in [0.4, 0.5) is 13.2 Å². The minimum atomic E-state index is -0.972. The summed E-state index contributed by atoms with van der Waals surface area (Å²) in [6.45, 7) is 2.20. The minimum absolute atomic E-state index is 0.281. The molecule has 0 atom stereocenters. The van der Waals surface area contributed by atoms with Gasteiger partial charge in [-0.15, -0.1) is 0 Å². The van der Waals surface area contributed by atoms with Crippen molar-refractivity contribution in [3.05, 3.63) is 71.5 Å². The molecule has 136 valence electrons. The molecule has 0 fully saturated rings. The van der Waals surface area contributed by atoms with E-state index in [0.717, 1.165) is 30.4 Å². The predicted octanol–water partition coefficient (Wildman–Crippen LogP) is 7.44. The number of unbranched alkanes of at least 4 members (excludes halogenated alkanes) is 4. The van der Waals surface area contributed by atoms with Gasteiger partial charge in [-0.05, 0) is 41.5 Å². The Morgan fingerprint density at radius 2 is 1.54 bits per heavy atom. The molecule has 0 amide bonds. The topological polar surface area (TPSA) is 0 Å². The third-order valence-corrected chi connectivity index (χ3v) is 4.82. The molecule has 0 saturated heterocycles. The highest BCUT2D eigenvalue weighted by Gasteiger charge is 2.12. The lowest BCUT2D eigenvalue weighted by Gasteiger charge is -2.09. The van der Waals surface area contributed by atoms with Gasteiger partial charge in [0.1, 0.15) is 5.82 Å². The largest absolute Gasteiger partial charge is 0.206 e. The van der Waals surface area contributed by atoms with Gasteiger partial charge in [0.2, 0.25) is 0 Å². The molecular weight excluding hydrogens is 333 g/mol. The normalized spacial score (nSPS) is 11.2. The van der Waals surface area contributed by atoms with Crippen LogP contribution in [0.3, 0.4) is 0 Å². The summed E-state index contributed by atoms with van der Waals surface area (Å²) in [6, 6.07) is 12.7. The fraction of sp³-hybridized carbons (Fsp3) is 0.304. The molecule has 0 heterocycles. The molecule has 3 aromatic carbocycles. The number of benzene rings is 3. The first-order chi connectivity index (χ1) is 12.6. The van der Waals surface area contributed by atoms with E-state index in [-0.39, 0.29) is 5.56 Å². The van der Waals surface area contributed by atoms with Gasteiger partial charge >= 0.3 is 0 Å². The van der Waals surface area contributed by atoms with Crippen molar-refractivity contribution in [2.24, 2.45) is 0 Å². The average molecular weight is 356 g/mol. The minimum Gasteiger partial charge on any atom is -0.206 e. The van der Waals surface area contributed by atoms with Crippen molar-refractivity contribution in [2.75, 3.05) is 0 Å². The number of rotatable bonds is 7. The van der Waals surface area contributed by atoms with Gasteiger partial charge in [0.25, 0.3) is 0 Å². The van der Waals surface area contributed by atoms with Crippen molar-refractivity contribution in [3.63, 3.8) is 0 Å². The highest BCUT2D eigenvalue weighted by atomic mass is 19.2. The van der Waals surface area contributed by atoms with Crippen LogP contribution >= 0.6 is 0 Å². The van der Waals surface area contributed by atoms with Crippen LogP contribution in [0.2, 0.25) is 0 Å². The van der Waals surface area contributed by atoms with E-state index in [0.29, 0.717) is 10.9 Å². The summed E-state index contributed by atoms with van der Waals surface area (Å²) in [4.78, 5) is 0. The molecule has 0 nitrogen and oxygen atoms in total. The second-order valence-corrected chi connectivity index (χ2v) is 6.78. The number of fused-ring (bicyclic) bond motifs is 1. The van der Waals surface area contributed by atoms with Gasteiger partial charge in [-0.3, -0.25) is 0 Å². The summed E-state index contributed by atoms with van der Waals surface area (Å²) in [5.74, 6) is -2.30. The third kappa shape index (κ3) is 4.09. The molecule has 3 rings (SSSR count). The van der Waals surface area contributed by atoms with Crippen LogP contribution < -0.4 is 0 Å². The fourth-order valence-corrected chi connectivity index (χ4v) is 3.32. The van der Waals surface area contributed by atoms with E-state index >= 15 is 0 Å². The van der Waals surface area contributed by atoms with Gasteiger partial charge in [-0.25, -0.2) is 13.2 Å². The zero-order valence-electron chi connectivity index (χ0n) is 15.0. The van der Waals surface area contributed by atoms with Crippen LogP contribution in [0.1, 0.15) is 44.6 Å². The molecule has 0 radical (unpaired) electrons. The SMILES string of the molecule is CCCCCCCc1ccc2c(F)c(-c3ccc(F)c(F)c3)ccc2c1. The molecule has 0 aliphatic heterocycles. The van der Waals surface area contributed by atoms with Gasteiger partial charge in [-0.2, -0.15) is 0 Å². The maximum atomic E-state index is 14.9. The Morgan fingerprint density at radius 1 is 0.731 bits per heavy atom. The lowest BCUT2D eigenvalue weighted by atomic mass is 9.97. The van der Waals surface area contributed by atoms with E-state index in [1.807, 2.05) is 18.2 Å². The summed E-state index contributed by atoms with van der Waals surface area (Å²) in [5, 5.41) is 1.34. The Bertz CT molecular complexity index is 899. The maximum absolute atomic E-state index is 14.9. The van der Waals surface area contributed by atoms with E-state index in [4.69, 9.17) is 0 Å². The third-order valence-electron chi connectivity index (χ3n) is 4.82. The van der Waals surface area contributed by atoms with Crippen molar-refractivity contribution < 1.29 is 13.2 Å².